The Labute approximate surface area is 265 Å². The van der Waals surface area contributed by atoms with E-state index >= 15 is 0 Å². The third-order valence-electron chi connectivity index (χ3n) is 13.5. The normalized spacial score (nSPS) is 41.7. The Morgan fingerprint density at radius 3 is 2.36 bits per heavy atom. The third-order valence-corrected chi connectivity index (χ3v) is 14.4. The van der Waals surface area contributed by atoms with Crippen molar-refractivity contribution in [3.63, 3.8) is 0 Å². The van der Waals surface area contributed by atoms with Crippen molar-refractivity contribution in [2.75, 3.05) is 5.75 Å². The summed E-state index contributed by atoms with van der Waals surface area (Å²) in [7, 11) is -4.21. The molecule has 0 heterocycles. The highest BCUT2D eigenvalue weighted by molar-refractivity contribution is 7.85. The summed E-state index contributed by atoms with van der Waals surface area (Å²) in [5, 5.41) is 34.4. The van der Waals surface area contributed by atoms with Crippen LogP contribution in [0.15, 0.2) is 30.3 Å². The molecule has 13 atom stereocenters. The standard InChI is InChI=1S/C36H56O7S/c1-5-27-30-19-26(38)15-16-35(30,3)31-20-32(39)36(4)28(13-14-29(36)33(31)34(27)40)22(2)11-12-25(37)18-24(21-44(41,42)43)17-23-9-7-6-8-10-23/h6-10,22,24,26-34,38-40H,5,11-21H2,1-4H3,(H,41,42,43)/t22-,24+,26-,27-,28-,29+,30+,31+,32+,33+,34-,35+,36-/m1/s1. The number of benzene rings is 1. The Bertz CT molecular complexity index is 1250. The molecule has 1 aromatic rings. The molecule has 0 aliphatic heterocycles. The molecule has 1 aromatic carbocycles. The van der Waals surface area contributed by atoms with Gasteiger partial charge < -0.3 is 15.3 Å². The van der Waals surface area contributed by atoms with Gasteiger partial charge >= 0.3 is 0 Å². The van der Waals surface area contributed by atoms with Crippen molar-refractivity contribution >= 4 is 15.9 Å². The Balaban J connectivity index is 1.27. The molecule has 0 spiro atoms. The number of hydrogen-bond acceptors (Lipinski definition) is 6. The van der Waals surface area contributed by atoms with E-state index < -0.39 is 34.0 Å². The quantitative estimate of drug-likeness (QED) is 0.230. The lowest BCUT2D eigenvalue weighted by Gasteiger charge is -2.65. The molecule has 0 radical (unpaired) electrons. The fourth-order valence-electron chi connectivity index (χ4n) is 11.3. The predicted octanol–water partition coefficient (Wildman–Crippen LogP) is 5.71. The first-order valence-electron chi connectivity index (χ1n) is 17.2. The lowest BCUT2D eigenvalue weighted by atomic mass is 9.41. The van der Waals surface area contributed by atoms with Gasteiger partial charge in [0.25, 0.3) is 10.1 Å². The lowest BCUT2D eigenvalue weighted by Crippen LogP contribution is -2.65. The van der Waals surface area contributed by atoms with Crippen molar-refractivity contribution in [2.45, 2.75) is 117 Å². The number of carbonyl (C=O) groups excluding carboxylic acids is 1. The van der Waals surface area contributed by atoms with Gasteiger partial charge in [-0.1, -0.05) is 64.4 Å². The van der Waals surface area contributed by atoms with Gasteiger partial charge in [0.1, 0.15) is 5.78 Å². The Kier molecular flexibility index (Phi) is 10.1. The van der Waals surface area contributed by atoms with Crippen LogP contribution in [-0.2, 0) is 21.3 Å². The van der Waals surface area contributed by atoms with Crippen LogP contribution in [0.2, 0.25) is 0 Å². The van der Waals surface area contributed by atoms with Gasteiger partial charge in [-0.3, -0.25) is 9.35 Å². The van der Waals surface area contributed by atoms with E-state index in [1.165, 1.54) is 0 Å². The molecule has 4 aliphatic rings. The molecule has 4 N–H and O–H groups in total. The third kappa shape index (κ3) is 6.45. The van der Waals surface area contributed by atoms with Crippen LogP contribution in [0.3, 0.4) is 0 Å². The Hall–Kier alpha value is -1.32. The number of rotatable bonds is 11. The first-order valence-corrected chi connectivity index (χ1v) is 18.8. The van der Waals surface area contributed by atoms with Crippen LogP contribution in [0, 0.1) is 58.2 Å². The van der Waals surface area contributed by atoms with Gasteiger partial charge in [0.05, 0.1) is 24.1 Å². The molecule has 5 rings (SSSR count). The fraction of sp³-hybridized carbons (Fsp3) is 0.806. The number of hydrogen-bond donors (Lipinski definition) is 4. The van der Waals surface area contributed by atoms with E-state index in [4.69, 9.17) is 0 Å². The van der Waals surface area contributed by atoms with E-state index in [0.29, 0.717) is 25.7 Å². The summed E-state index contributed by atoms with van der Waals surface area (Å²) in [5.41, 5.74) is 0.624. The van der Waals surface area contributed by atoms with Crippen LogP contribution < -0.4 is 0 Å². The van der Waals surface area contributed by atoms with Crippen molar-refractivity contribution in [1.29, 1.82) is 0 Å². The monoisotopic (exact) mass is 632 g/mol. The van der Waals surface area contributed by atoms with Crippen molar-refractivity contribution in [2.24, 2.45) is 58.2 Å². The molecular formula is C36H56O7S. The van der Waals surface area contributed by atoms with Gasteiger partial charge in [-0.25, -0.2) is 0 Å². The maximum atomic E-state index is 13.2. The van der Waals surface area contributed by atoms with E-state index in [0.717, 1.165) is 44.1 Å². The highest BCUT2D eigenvalue weighted by atomic mass is 32.2. The van der Waals surface area contributed by atoms with Crippen molar-refractivity contribution in [3.8, 4) is 0 Å². The second-order valence-electron chi connectivity index (χ2n) is 15.8. The summed E-state index contributed by atoms with van der Waals surface area (Å²) in [6.45, 7) is 8.97. The largest absolute Gasteiger partial charge is 0.393 e. The maximum Gasteiger partial charge on any atom is 0.265 e. The molecular weight excluding hydrogens is 576 g/mol. The van der Waals surface area contributed by atoms with E-state index in [2.05, 4.69) is 27.7 Å². The van der Waals surface area contributed by atoms with E-state index in [1.807, 2.05) is 30.3 Å². The summed E-state index contributed by atoms with van der Waals surface area (Å²) < 4.78 is 33.0. The minimum Gasteiger partial charge on any atom is -0.393 e. The number of carbonyl (C=O) groups is 1. The Morgan fingerprint density at radius 2 is 1.70 bits per heavy atom. The molecule has 0 amide bonds. The summed E-state index contributed by atoms with van der Waals surface area (Å²) in [6, 6.07) is 9.47. The fourth-order valence-corrected chi connectivity index (χ4v) is 12.2. The minimum absolute atomic E-state index is 0.0114. The van der Waals surface area contributed by atoms with Crippen molar-refractivity contribution in [3.05, 3.63) is 35.9 Å². The molecule has 248 valence electrons. The van der Waals surface area contributed by atoms with Crippen LogP contribution in [0.5, 0.6) is 0 Å². The molecule has 4 saturated carbocycles. The van der Waals surface area contributed by atoms with Crippen molar-refractivity contribution in [1.82, 2.24) is 0 Å². The number of ketones is 1. The smallest absolute Gasteiger partial charge is 0.265 e. The van der Waals surface area contributed by atoms with Gasteiger partial charge in [-0.2, -0.15) is 8.42 Å². The van der Waals surface area contributed by atoms with Gasteiger partial charge in [0, 0.05) is 12.8 Å². The number of aliphatic hydroxyl groups is 3. The van der Waals surface area contributed by atoms with Crippen LogP contribution in [0.25, 0.3) is 0 Å². The highest BCUT2D eigenvalue weighted by Crippen LogP contribution is 2.69. The van der Waals surface area contributed by atoms with E-state index in [9.17, 15) is 33.1 Å². The van der Waals surface area contributed by atoms with Crippen LogP contribution >= 0.6 is 0 Å². The van der Waals surface area contributed by atoms with Gasteiger partial charge in [0.2, 0.25) is 0 Å². The van der Waals surface area contributed by atoms with E-state index in [1.54, 1.807) is 0 Å². The first kappa shape index (κ1) is 34.0. The Morgan fingerprint density at radius 1 is 1.00 bits per heavy atom. The number of fused-ring (bicyclic) bond motifs is 5. The van der Waals surface area contributed by atoms with Crippen LogP contribution in [0.4, 0.5) is 0 Å². The number of aliphatic hydroxyl groups excluding tert-OH is 3. The maximum absolute atomic E-state index is 13.2. The number of Topliss-reactive ketones (excluding diaryl/α,β-unsaturated/α-hetero) is 1. The van der Waals surface area contributed by atoms with Crippen LogP contribution in [0.1, 0.15) is 97.5 Å². The van der Waals surface area contributed by atoms with Crippen LogP contribution in [-0.4, -0.2) is 58.1 Å². The molecule has 8 heteroatoms. The second-order valence-corrected chi connectivity index (χ2v) is 17.3. The second kappa shape index (κ2) is 13.1. The SMILES string of the molecule is CC[C@H]1[C@@H](O)[C@@H]2[C@H](C[C@H](O)[C@]3(C)[C@@H]([C@H](C)CCC(=O)C[C@H](Cc4ccccc4)CS(=O)(=O)O)CC[C@@H]23)[C@@]2(C)CC[C@@H](O)C[C@@H]12. The molecule has 0 unspecified atom stereocenters. The molecule has 0 saturated heterocycles. The van der Waals surface area contributed by atoms with Crippen molar-refractivity contribution < 1.29 is 33.1 Å². The molecule has 44 heavy (non-hydrogen) atoms. The predicted molar refractivity (Wildman–Crippen MR) is 171 cm³/mol. The zero-order chi connectivity index (χ0) is 32.0. The average Bonchev–Trinajstić information content (AvgIpc) is 3.31. The highest BCUT2D eigenvalue weighted by Gasteiger charge is 2.67. The molecule has 0 aromatic heterocycles. The molecule has 0 bridgehead atoms. The summed E-state index contributed by atoms with van der Waals surface area (Å²) >= 11 is 0. The topological polar surface area (TPSA) is 132 Å². The summed E-state index contributed by atoms with van der Waals surface area (Å²) in [6.07, 6.45) is 6.37. The average molecular weight is 633 g/mol. The summed E-state index contributed by atoms with van der Waals surface area (Å²) in [5.74, 6) is 0.578. The first-order chi connectivity index (χ1) is 20.7. The molecule has 4 aliphatic carbocycles. The summed E-state index contributed by atoms with van der Waals surface area (Å²) in [4.78, 5) is 13.2. The zero-order valence-electron chi connectivity index (χ0n) is 27.1. The minimum atomic E-state index is -4.21. The van der Waals surface area contributed by atoms with Gasteiger partial charge in [-0.15, -0.1) is 0 Å². The van der Waals surface area contributed by atoms with Gasteiger partial charge in [0.15, 0.2) is 0 Å². The van der Waals surface area contributed by atoms with E-state index in [-0.39, 0.29) is 70.6 Å². The molecule has 7 nitrogen and oxygen atoms in total. The molecule has 4 fully saturated rings. The zero-order valence-corrected chi connectivity index (χ0v) is 28.0. The lowest BCUT2D eigenvalue weighted by molar-refractivity contribution is -0.228. The van der Waals surface area contributed by atoms with Gasteiger partial charge in [-0.05, 0) is 115 Å².